The molecule has 0 atom stereocenters. The third-order valence-corrected chi connectivity index (χ3v) is 8.20. The maximum absolute atomic E-state index is 12.2. The molecule has 0 spiro atoms. The minimum atomic E-state index is -0.902. The number of carboxylic acids is 1. The number of halogens is 1. The van der Waals surface area contributed by atoms with Gasteiger partial charge in [-0.15, -0.1) is 0 Å². The topological polar surface area (TPSA) is 125 Å². The van der Waals surface area contributed by atoms with Crippen LogP contribution < -0.4 is 5.73 Å². The molecule has 3 N–H and O–H groups in total. The summed E-state index contributed by atoms with van der Waals surface area (Å²) in [4.78, 5) is 21.8. The first kappa shape index (κ1) is 26.3. The van der Waals surface area contributed by atoms with E-state index >= 15 is 0 Å². The second-order valence-electron chi connectivity index (χ2n) is 9.69. The normalized spacial score (nSPS) is 19.6. The molecular formula is C28H30BrN5O4. The maximum Gasteiger partial charge on any atom is 0.311 e. The van der Waals surface area contributed by atoms with Gasteiger partial charge in [-0.25, -0.2) is 4.98 Å². The number of rotatable bonds is 9. The van der Waals surface area contributed by atoms with Crippen molar-refractivity contribution < 1.29 is 19.4 Å². The van der Waals surface area contributed by atoms with Crippen molar-refractivity contribution in [3.05, 3.63) is 65.0 Å². The molecule has 3 aromatic heterocycles. The first-order valence-electron chi connectivity index (χ1n) is 12.6. The molecule has 198 valence electrons. The Balaban J connectivity index is 1.41. The van der Waals surface area contributed by atoms with Crippen molar-refractivity contribution >= 4 is 33.4 Å². The lowest BCUT2D eigenvalue weighted by atomic mass is 9.70. The number of carboxylic acid groups (broad SMARTS) is 1. The van der Waals surface area contributed by atoms with Crippen molar-refractivity contribution in [3.63, 3.8) is 0 Å². The molecule has 0 amide bonds. The van der Waals surface area contributed by atoms with Crippen LogP contribution in [0.25, 0.3) is 28.0 Å². The summed E-state index contributed by atoms with van der Waals surface area (Å²) in [7, 11) is 1.59. The molecule has 1 saturated carbocycles. The Hall–Kier alpha value is -3.34. The van der Waals surface area contributed by atoms with Crippen LogP contribution in [0.15, 0.2) is 59.3 Å². The number of nitrogens with two attached hydrogens (primary N) is 1. The predicted octanol–water partition coefficient (Wildman–Crippen LogP) is 5.19. The molecule has 1 aromatic carbocycles. The van der Waals surface area contributed by atoms with Crippen molar-refractivity contribution in [3.8, 4) is 22.4 Å². The highest BCUT2D eigenvalue weighted by Crippen LogP contribution is 2.46. The van der Waals surface area contributed by atoms with Gasteiger partial charge in [-0.3, -0.25) is 9.78 Å². The van der Waals surface area contributed by atoms with Crippen molar-refractivity contribution in [1.29, 1.82) is 0 Å². The maximum atomic E-state index is 12.2. The molecule has 4 aromatic rings. The Morgan fingerprint density at radius 1 is 1.13 bits per heavy atom. The van der Waals surface area contributed by atoms with Gasteiger partial charge in [0.1, 0.15) is 5.82 Å². The van der Waals surface area contributed by atoms with Crippen LogP contribution >= 0.6 is 15.9 Å². The SMILES string of the molecule is COCCOC[C@]1(C(=O)O)CC[C@H](c2nc3c(-c4ccc(-c5ccccc5)nc4)cnn3c(N)c2Br)CC1. The summed E-state index contributed by atoms with van der Waals surface area (Å²) in [5.74, 6) is -0.299. The minimum absolute atomic E-state index is 0.0597. The Morgan fingerprint density at radius 2 is 1.89 bits per heavy atom. The van der Waals surface area contributed by atoms with Crippen molar-refractivity contribution in [1.82, 2.24) is 19.6 Å². The molecule has 3 heterocycles. The molecule has 1 aliphatic carbocycles. The quantitative estimate of drug-likeness (QED) is 0.259. The summed E-state index contributed by atoms with van der Waals surface area (Å²) in [6.45, 7) is 0.986. The monoisotopic (exact) mass is 579 g/mol. The third-order valence-electron chi connectivity index (χ3n) is 7.39. The van der Waals surface area contributed by atoms with E-state index in [2.05, 4.69) is 26.0 Å². The van der Waals surface area contributed by atoms with Crippen LogP contribution in [0.2, 0.25) is 0 Å². The van der Waals surface area contributed by atoms with E-state index < -0.39 is 11.4 Å². The van der Waals surface area contributed by atoms with E-state index in [0.717, 1.165) is 28.1 Å². The number of carbonyl (C=O) groups is 1. The van der Waals surface area contributed by atoms with Gasteiger partial charge < -0.3 is 20.3 Å². The predicted molar refractivity (Wildman–Crippen MR) is 148 cm³/mol. The number of aromatic nitrogens is 4. The van der Waals surface area contributed by atoms with E-state index in [4.69, 9.17) is 20.2 Å². The number of hydrogen-bond donors (Lipinski definition) is 2. The fraction of sp³-hybridized carbons (Fsp3) is 0.357. The van der Waals surface area contributed by atoms with Gasteiger partial charge in [-0.1, -0.05) is 36.4 Å². The number of fused-ring (bicyclic) bond motifs is 1. The number of benzene rings is 1. The van der Waals surface area contributed by atoms with E-state index in [9.17, 15) is 9.90 Å². The van der Waals surface area contributed by atoms with E-state index in [1.54, 1.807) is 17.8 Å². The van der Waals surface area contributed by atoms with Crippen LogP contribution in [0, 0.1) is 5.41 Å². The fourth-order valence-electron chi connectivity index (χ4n) is 5.09. The number of hydrogen-bond acceptors (Lipinski definition) is 7. The Kier molecular flexibility index (Phi) is 7.73. The van der Waals surface area contributed by atoms with Gasteiger partial charge in [0.25, 0.3) is 0 Å². The Morgan fingerprint density at radius 3 is 2.55 bits per heavy atom. The number of methoxy groups -OCH3 is 1. The van der Waals surface area contributed by atoms with Crippen molar-refractivity contribution in [2.45, 2.75) is 31.6 Å². The lowest BCUT2D eigenvalue weighted by Crippen LogP contribution is -2.39. The van der Waals surface area contributed by atoms with Crippen molar-refractivity contribution in [2.75, 3.05) is 32.7 Å². The zero-order valence-electron chi connectivity index (χ0n) is 21.1. The Bertz CT molecular complexity index is 1420. The molecule has 5 rings (SSSR count). The van der Waals surface area contributed by atoms with Gasteiger partial charge in [-0.05, 0) is 47.7 Å². The highest BCUT2D eigenvalue weighted by Gasteiger charge is 2.43. The number of pyridine rings is 1. The van der Waals surface area contributed by atoms with Gasteiger partial charge in [0.05, 0.1) is 47.3 Å². The smallest absolute Gasteiger partial charge is 0.311 e. The first-order valence-corrected chi connectivity index (χ1v) is 13.4. The number of nitrogen functional groups attached to an aromatic ring is 1. The minimum Gasteiger partial charge on any atom is -0.481 e. The molecule has 10 heteroatoms. The second-order valence-corrected chi connectivity index (χ2v) is 10.5. The fourth-order valence-corrected chi connectivity index (χ4v) is 5.67. The summed E-state index contributed by atoms with van der Waals surface area (Å²) in [5.41, 5.74) is 10.7. The lowest BCUT2D eigenvalue weighted by molar-refractivity contribution is -0.156. The zero-order valence-corrected chi connectivity index (χ0v) is 22.7. The molecule has 0 bridgehead atoms. The summed E-state index contributed by atoms with van der Waals surface area (Å²) < 4.78 is 13.0. The van der Waals surface area contributed by atoms with E-state index in [-0.39, 0.29) is 12.5 Å². The lowest BCUT2D eigenvalue weighted by Gasteiger charge is -2.36. The summed E-state index contributed by atoms with van der Waals surface area (Å²) in [5, 5.41) is 14.5. The molecular weight excluding hydrogens is 550 g/mol. The van der Waals surface area contributed by atoms with Gasteiger partial charge in [0.2, 0.25) is 0 Å². The van der Waals surface area contributed by atoms with E-state index in [1.165, 1.54) is 0 Å². The van der Waals surface area contributed by atoms with Crippen molar-refractivity contribution in [2.24, 2.45) is 5.41 Å². The van der Waals surface area contributed by atoms with Gasteiger partial charge in [-0.2, -0.15) is 9.61 Å². The van der Waals surface area contributed by atoms with Crippen LogP contribution in [-0.2, 0) is 14.3 Å². The Labute approximate surface area is 229 Å². The molecule has 0 unspecified atom stereocenters. The molecule has 0 aliphatic heterocycles. The van der Waals surface area contributed by atoms with Gasteiger partial charge in [0.15, 0.2) is 5.65 Å². The molecule has 0 radical (unpaired) electrons. The first-order chi connectivity index (χ1) is 18.4. The molecule has 1 aliphatic rings. The zero-order chi connectivity index (χ0) is 26.7. The number of anilines is 1. The molecule has 38 heavy (non-hydrogen) atoms. The largest absolute Gasteiger partial charge is 0.481 e. The average molecular weight is 580 g/mol. The number of ether oxygens (including phenoxy) is 2. The molecule has 9 nitrogen and oxygen atoms in total. The van der Waals surface area contributed by atoms with E-state index in [1.807, 2.05) is 48.7 Å². The van der Waals surface area contributed by atoms with Gasteiger partial charge >= 0.3 is 5.97 Å². The molecule has 1 fully saturated rings. The molecule has 0 saturated heterocycles. The average Bonchev–Trinajstić information content (AvgIpc) is 3.38. The van der Waals surface area contributed by atoms with Crippen LogP contribution in [0.3, 0.4) is 0 Å². The van der Waals surface area contributed by atoms with Crippen LogP contribution in [0.1, 0.15) is 37.3 Å². The van der Waals surface area contributed by atoms with Crippen LogP contribution in [0.4, 0.5) is 5.82 Å². The standard InChI is InChI=1S/C28H30BrN5O4/c1-37-13-14-38-17-28(27(35)36)11-9-19(10-12-28)24-23(29)25(30)34-26(33-24)21(16-32-34)20-7-8-22(31-15-20)18-5-3-2-4-6-18/h2-8,15-16,19H,9-14,17,30H2,1H3,(H,35,36)/t19-,28-. The second kappa shape index (κ2) is 11.2. The highest BCUT2D eigenvalue weighted by atomic mass is 79.9. The number of nitrogens with zero attached hydrogens (tertiary/aromatic N) is 4. The third kappa shape index (κ3) is 5.03. The van der Waals surface area contributed by atoms with E-state index in [0.29, 0.717) is 54.8 Å². The summed E-state index contributed by atoms with van der Waals surface area (Å²) in [6, 6.07) is 14.0. The van der Waals surface area contributed by atoms with Gasteiger partial charge in [0, 0.05) is 35.9 Å². The summed E-state index contributed by atoms with van der Waals surface area (Å²) >= 11 is 3.64. The number of aliphatic carboxylic acids is 1. The van der Waals surface area contributed by atoms with Crippen LogP contribution in [-0.4, -0.2) is 57.6 Å². The summed E-state index contributed by atoms with van der Waals surface area (Å²) in [6.07, 6.45) is 5.90. The highest BCUT2D eigenvalue weighted by molar-refractivity contribution is 9.10. The van der Waals surface area contributed by atoms with Crippen LogP contribution in [0.5, 0.6) is 0 Å².